The van der Waals surface area contributed by atoms with Crippen molar-refractivity contribution in [1.29, 1.82) is 0 Å². The lowest BCUT2D eigenvalue weighted by molar-refractivity contribution is 0.322. The first kappa shape index (κ1) is 12.2. The van der Waals surface area contributed by atoms with E-state index in [0.29, 0.717) is 6.04 Å². The predicted octanol–water partition coefficient (Wildman–Crippen LogP) is 2.32. The second-order valence-corrected chi connectivity index (χ2v) is 5.26. The summed E-state index contributed by atoms with van der Waals surface area (Å²) in [6, 6.07) is 8.63. The molecule has 0 bridgehead atoms. The minimum absolute atomic E-state index is 0.629. The summed E-state index contributed by atoms with van der Waals surface area (Å²) in [5, 5.41) is 4.65. The Labute approximate surface area is 113 Å². The number of pyridine rings is 1. The highest BCUT2D eigenvalue weighted by atomic mass is 15.2. The van der Waals surface area contributed by atoms with Crippen LogP contribution in [0.1, 0.15) is 12.8 Å². The molecular formula is C15H20N4. The molecule has 2 aromatic rings. The summed E-state index contributed by atoms with van der Waals surface area (Å²) < 4.78 is 0. The molecule has 1 saturated heterocycles. The SMILES string of the molecule is CN1CCCC1CNc1ccc(N)c2ncccc12. The van der Waals surface area contributed by atoms with E-state index in [4.69, 9.17) is 5.73 Å². The lowest BCUT2D eigenvalue weighted by Crippen LogP contribution is -2.31. The molecule has 1 unspecified atom stereocenters. The van der Waals surface area contributed by atoms with Crippen molar-refractivity contribution >= 4 is 22.3 Å². The summed E-state index contributed by atoms with van der Waals surface area (Å²) in [6.07, 6.45) is 4.36. The van der Waals surface area contributed by atoms with Gasteiger partial charge in [0.15, 0.2) is 0 Å². The van der Waals surface area contributed by atoms with Gasteiger partial charge in [-0.05, 0) is 50.7 Å². The molecule has 0 spiro atoms. The van der Waals surface area contributed by atoms with E-state index in [0.717, 1.165) is 28.8 Å². The summed E-state index contributed by atoms with van der Waals surface area (Å²) in [6.45, 7) is 2.18. The Kier molecular flexibility index (Phi) is 3.25. The van der Waals surface area contributed by atoms with Crippen LogP contribution in [0.3, 0.4) is 0 Å². The van der Waals surface area contributed by atoms with Gasteiger partial charge >= 0.3 is 0 Å². The summed E-state index contributed by atoms with van der Waals surface area (Å²) in [5.74, 6) is 0. The molecule has 1 aromatic heterocycles. The van der Waals surface area contributed by atoms with Gasteiger partial charge in [-0.2, -0.15) is 0 Å². The van der Waals surface area contributed by atoms with Crippen LogP contribution < -0.4 is 11.1 Å². The van der Waals surface area contributed by atoms with Crippen molar-refractivity contribution in [3.63, 3.8) is 0 Å². The van der Waals surface area contributed by atoms with E-state index in [1.807, 2.05) is 18.2 Å². The fourth-order valence-corrected chi connectivity index (χ4v) is 2.81. The Bertz CT molecular complexity index is 581. The van der Waals surface area contributed by atoms with E-state index in [1.54, 1.807) is 6.20 Å². The number of rotatable bonds is 3. The first-order valence-corrected chi connectivity index (χ1v) is 6.83. The summed E-state index contributed by atoms with van der Waals surface area (Å²) in [7, 11) is 2.20. The van der Waals surface area contributed by atoms with Gasteiger partial charge in [0.05, 0.1) is 11.2 Å². The van der Waals surface area contributed by atoms with Crippen molar-refractivity contribution in [2.24, 2.45) is 0 Å². The number of aromatic nitrogens is 1. The van der Waals surface area contributed by atoms with Gasteiger partial charge in [0.1, 0.15) is 0 Å². The molecular weight excluding hydrogens is 236 g/mol. The van der Waals surface area contributed by atoms with Gasteiger partial charge in [-0.1, -0.05) is 0 Å². The largest absolute Gasteiger partial charge is 0.397 e. The van der Waals surface area contributed by atoms with Crippen LogP contribution in [0.5, 0.6) is 0 Å². The molecule has 1 aliphatic heterocycles. The molecule has 1 fully saturated rings. The number of fused-ring (bicyclic) bond motifs is 1. The molecule has 19 heavy (non-hydrogen) atoms. The normalized spacial score (nSPS) is 19.9. The molecule has 1 atom stereocenters. The minimum Gasteiger partial charge on any atom is -0.397 e. The minimum atomic E-state index is 0.629. The van der Waals surface area contributed by atoms with Crippen molar-refractivity contribution in [1.82, 2.24) is 9.88 Å². The zero-order chi connectivity index (χ0) is 13.2. The highest BCUT2D eigenvalue weighted by Gasteiger charge is 2.20. The summed E-state index contributed by atoms with van der Waals surface area (Å²) in [4.78, 5) is 6.78. The molecule has 0 saturated carbocycles. The van der Waals surface area contributed by atoms with Crippen LogP contribution in [0, 0.1) is 0 Å². The van der Waals surface area contributed by atoms with Gasteiger partial charge in [0, 0.05) is 29.9 Å². The van der Waals surface area contributed by atoms with Crippen molar-refractivity contribution in [2.75, 3.05) is 31.2 Å². The molecule has 2 heterocycles. The molecule has 4 nitrogen and oxygen atoms in total. The third-order valence-corrected chi connectivity index (χ3v) is 4.00. The second kappa shape index (κ2) is 5.05. The Balaban J connectivity index is 1.83. The molecule has 0 aliphatic carbocycles. The van der Waals surface area contributed by atoms with E-state index >= 15 is 0 Å². The van der Waals surface area contributed by atoms with Crippen LogP contribution in [0.25, 0.3) is 10.9 Å². The third-order valence-electron chi connectivity index (χ3n) is 4.00. The van der Waals surface area contributed by atoms with Gasteiger partial charge in [-0.25, -0.2) is 0 Å². The zero-order valence-electron chi connectivity index (χ0n) is 11.3. The number of nitrogens with zero attached hydrogens (tertiary/aromatic N) is 2. The number of likely N-dealkylation sites (tertiary alicyclic amines) is 1. The van der Waals surface area contributed by atoms with Crippen molar-refractivity contribution in [3.8, 4) is 0 Å². The van der Waals surface area contributed by atoms with E-state index in [9.17, 15) is 0 Å². The highest BCUT2D eigenvalue weighted by Crippen LogP contribution is 2.27. The molecule has 3 rings (SSSR count). The van der Waals surface area contributed by atoms with E-state index < -0.39 is 0 Å². The van der Waals surface area contributed by atoms with Crippen LogP contribution in [-0.4, -0.2) is 36.1 Å². The number of nitrogens with two attached hydrogens (primary N) is 1. The smallest absolute Gasteiger partial charge is 0.0951 e. The average molecular weight is 256 g/mol. The van der Waals surface area contributed by atoms with Gasteiger partial charge < -0.3 is 16.0 Å². The summed E-state index contributed by atoms with van der Waals surface area (Å²) in [5.41, 5.74) is 8.71. The van der Waals surface area contributed by atoms with Crippen LogP contribution in [0.4, 0.5) is 11.4 Å². The number of anilines is 2. The number of benzene rings is 1. The monoisotopic (exact) mass is 256 g/mol. The van der Waals surface area contributed by atoms with E-state index in [1.165, 1.54) is 19.4 Å². The molecule has 4 heteroatoms. The van der Waals surface area contributed by atoms with Crippen LogP contribution in [0.15, 0.2) is 30.5 Å². The zero-order valence-corrected chi connectivity index (χ0v) is 11.3. The molecule has 100 valence electrons. The molecule has 0 radical (unpaired) electrons. The predicted molar refractivity (Wildman–Crippen MR) is 80.3 cm³/mol. The standard InChI is InChI=1S/C15H20N4/c1-19-9-3-4-11(19)10-18-14-7-6-13(16)15-12(14)5-2-8-17-15/h2,5-8,11,18H,3-4,9-10,16H2,1H3. The Hall–Kier alpha value is -1.81. The van der Waals surface area contributed by atoms with Crippen molar-refractivity contribution in [3.05, 3.63) is 30.5 Å². The molecule has 3 N–H and O–H groups in total. The average Bonchev–Trinajstić information content (AvgIpc) is 2.84. The number of hydrogen-bond donors (Lipinski definition) is 2. The summed E-state index contributed by atoms with van der Waals surface area (Å²) >= 11 is 0. The first-order chi connectivity index (χ1) is 9.25. The Morgan fingerprint density at radius 2 is 2.32 bits per heavy atom. The topological polar surface area (TPSA) is 54.2 Å². The van der Waals surface area contributed by atoms with Gasteiger partial charge in [-0.3, -0.25) is 4.98 Å². The first-order valence-electron chi connectivity index (χ1n) is 6.83. The van der Waals surface area contributed by atoms with Gasteiger partial charge in [-0.15, -0.1) is 0 Å². The lowest BCUT2D eigenvalue weighted by atomic mass is 10.1. The van der Waals surface area contributed by atoms with Crippen LogP contribution in [0.2, 0.25) is 0 Å². The number of likely N-dealkylation sites (N-methyl/N-ethyl adjacent to an activating group) is 1. The highest BCUT2D eigenvalue weighted by molar-refractivity contribution is 5.98. The van der Waals surface area contributed by atoms with E-state index in [-0.39, 0.29) is 0 Å². The van der Waals surface area contributed by atoms with Crippen LogP contribution >= 0.6 is 0 Å². The second-order valence-electron chi connectivity index (χ2n) is 5.26. The number of nitrogen functional groups attached to an aromatic ring is 1. The fraction of sp³-hybridized carbons (Fsp3) is 0.400. The Morgan fingerprint density at radius 3 is 3.11 bits per heavy atom. The fourth-order valence-electron chi connectivity index (χ4n) is 2.81. The molecule has 1 aromatic carbocycles. The third kappa shape index (κ3) is 2.36. The Morgan fingerprint density at radius 1 is 1.42 bits per heavy atom. The van der Waals surface area contributed by atoms with Crippen LogP contribution in [-0.2, 0) is 0 Å². The molecule has 1 aliphatic rings. The lowest BCUT2D eigenvalue weighted by Gasteiger charge is -2.21. The number of hydrogen-bond acceptors (Lipinski definition) is 4. The van der Waals surface area contributed by atoms with Gasteiger partial charge in [0.2, 0.25) is 0 Å². The van der Waals surface area contributed by atoms with E-state index in [2.05, 4.69) is 28.3 Å². The maximum absolute atomic E-state index is 5.97. The maximum Gasteiger partial charge on any atom is 0.0951 e. The quantitative estimate of drug-likeness (QED) is 0.828. The number of nitrogens with one attached hydrogen (secondary N) is 1. The van der Waals surface area contributed by atoms with Gasteiger partial charge in [0.25, 0.3) is 0 Å². The van der Waals surface area contributed by atoms with Crippen molar-refractivity contribution in [2.45, 2.75) is 18.9 Å². The van der Waals surface area contributed by atoms with Crippen molar-refractivity contribution < 1.29 is 0 Å². The maximum atomic E-state index is 5.97. The molecule has 0 amide bonds.